The van der Waals surface area contributed by atoms with Crippen molar-refractivity contribution in [3.63, 3.8) is 0 Å². The van der Waals surface area contributed by atoms with Crippen molar-refractivity contribution in [2.45, 2.75) is 18.9 Å². The number of benzene rings is 1. The summed E-state index contributed by atoms with van der Waals surface area (Å²) >= 11 is 0. The zero-order chi connectivity index (χ0) is 11.5. The van der Waals surface area contributed by atoms with E-state index in [1.807, 2.05) is 0 Å². The molecule has 2 rings (SSSR count). The lowest BCUT2D eigenvalue weighted by atomic mass is 10.2. The molecule has 1 aromatic rings. The molecule has 1 fully saturated rings. The van der Waals surface area contributed by atoms with E-state index in [-0.39, 0.29) is 11.7 Å². The highest BCUT2D eigenvalue weighted by atomic mass is 16.4. The molecule has 1 aliphatic carbocycles. The molecule has 4 heteroatoms. The van der Waals surface area contributed by atoms with Gasteiger partial charge in [-0.3, -0.25) is 0 Å². The lowest BCUT2D eigenvalue weighted by Crippen LogP contribution is -2.21. The Balaban J connectivity index is 1.86. The van der Waals surface area contributed by atoms with Crippen LogP contribution in [0, 0.1) is 5.92 Å². The van der Waals surface area contributed by atoms with E-state index >= 15 is 0 Å². The summed E-state index contributed by atoms with van der Waals surface area (Å²) in [6, 6.07) is 6.52. The summed E-state index contributed by atoms with van der Waals surface area (Å²) in [6.07, 6.45) is 1.93. The van der Waals surface area contributed by atoms with Crippen molar-refractivity contribution in [1.82, 2.24) is 0 Å². The summed E-state index contributed by atoms with van der Waals surface area (Å²) in [5.74, 6) is -0.477. The molecule has 0 bridgehead atoms. The van der Waals surface area contributed by atoms with Crippen LogP contribution >= 0.6 is 0 Å². The maximum atomic E-state index is 10.6. The fraction of sp³-hybridized carbons (Fsp3) is 0.417. The Labute approximate surface area is 93.9 Å². The summed E-state index contributed by atoms with van der Waals surface area (Å²) in [5, 5.41) is 21.4. The molecule has 0 amide bonds. The Morgan fingerprint density at radius 2 is 2.00 bits per heavy atom. The van der Waals surface area contributed by atoms with Gasteiger partial charge >= 0.3 is 5.97 Å². The van der Waals surface area contributed by atoms with E-state index in [9.17, 15) is 9.90 Å². The molecular weight excluding hydrogens is 206 g/mol. The molecule has 1 aromatic carbocycles. The van der Waals surface area contributed by atoms with Crippen LogP contribution in [0.1, 0.15) is 23.2 Å². The van der Waals surface area contributed by atoms with Gasteiger partial charge in [0.05, 0.1) is 11.7 Å². The summed E-state index contributed by atoms with van der Waals surface area (Å²) in [7, 11) is 0. The van der Waals surface area contributed by atoms with Crippen LogP contribution in [0.2, 0.25) is 0 Å². The van der Waals surface area contributed by atoms with Gasteiger partial charge in [0.15, 0.2) is 0 Å². The molecule has 3 N–H and O–H groups in total. The monoisotopic (exact) mass is 221 g/mol. The predicted octanol–water partition coefficient (Wildman–Crippen LogP) is 1.57. The molecule has 0 radical (unpaired) electrons. The van der Waals surface area contributed by atoms with Crippen molar-refractivity contribution in [1.29, 1.82) is 0 Å². The smallest absolute Gasteiger partial charge is 0.335 e. The number of carbonyl (C=O) groups is 1. The van der Waals surface area contributed by atoms with Crippen molar-refractivity contribution < 1.29 is 15.0 Å². The van der Waals surface area contributed by atoms with Crippen LogP contribution in [0.15, 0.2) is 24.3 Å². The van der Waals surface area contributed by atoms with E-state index in [2.05, 4.69) is 5.32 Å². The van der Waals surface area contributed by atoms with Crippen LogP contribution in [-0.2, 0) is 0 Å². The number of aliphatic hydroxyl groups excluding tert-OH is 1. The molecule has 1 unspecified atom stereocenters. The van der Waals surface area contributed by atoms with Gasteiger partial charge in [-0.1, -0.05) is 0 Å². The van der Waals surface area contributed by atoms with Gasteiger partial charge in [-0.05, 0) is 43.0 Å². The van der Waals surface area contributed by atoms with Crippen LogP contribution in [0.4, 0.5) is 5.69 Å². The predicted molar refractivity (Wildman–Crippen MR) is 60.6 cm³/mol. The molecule has 0 heterocycles. The van der Waals surface area contributed by atoms with Crippen LogP contribution in [-0.4, -0.2) is 28.8 Å². The Kier molecular flexibility index (Phi) is 3.10. The Bertz CT molecular complexity index is 370. The Hall–Kier alpha value is -1.55. The van der Waals surface area contributed by atoms with Crippen molar-refractivity contribution >= 4 is 11.7 Å². The second kappa shape index (κ2) is 4.53. The van der Waals surface area contributed by atoms with E-state index in [0.717, 1.165) is 18.5 Å². The molecule has 1 atom stereocenters. The first-order chi connectivity index (χ1) is 7.66. The first-order valence-corrected chi connectivity index (χ1v) is 5.42. The van der Waals surface area contributed by atoms with Gasteiger partial charge in [0.2, 0.25) is 0 Å². The molecule has 0 saturated heterocycles. The van der Waals surface area contributed by atoms with Crippen LogP contribution in [0.25, 0.3) is 0 Å². The third kappa shape index (κ3) is 2.73. The fourth-order valence-electron chi connectivity index (χ4n) is 1.60. The van der Waals surface area contributed by atoms with E-state index < -0.39 is 5.97 Å². The zero-order valence-corrected chi connectivity index (χ0v) is 8.89. The lowest BCUT2D eigenvalue weighted by molar-refractivity contribution is 0.0697. The van der Waals surface area contributed by atoms with E-state index in [1.165, 1.54) is 0 Å². The van der Waals surface area contributed by atoms with Gasteiger partial charge in [-0.2, -0.15) is 0 Å². The normalized spacial score (nSPS) is 16.8. The molecule has 16 heavy (non-hydrogen) atoms. The summed E-state index contributed by atoms with van der Waals surface area (Å²) in [5.41, 5.74) is 1.11. The number of aliphatic hydroxyl groups is 1. The second-order valence-corrected chi connectivity index (χ2v) is 4.17. The van der Waals surface area contributed by atoms with Crippen molar-refractivity contribution in [3.05, 3.63) is 29.8 Å². The second-order valence-electron chi connectivity index (χ2n) is 4.17. The van der Waals surface area contributed by atoms with Crippen LogP contribution in [0.3, 0.4) is 0 Å². The number of carboxylic acid groups (broad SMARTS) is 1. The average Bonchev–Trinajstić information content (AvgIpc) is 3.10. The summed E-state index contributed by atoms with van der Waals surface area (Å²) in [4.78, 5) is 10.6. The number of hydrogen-bond donors (Lipinski definition) is 3. The quantitative estimate of drug-likeness (QED) is 0.705. The Morgan fingerprint density at radius 1 is 1.38 bits per heavy atom. The zero-order valence-electron chi connectivity index (χ0n) is 8.89. The van der Waals surface area contributed by atoms with E-state index in [0.29, 0.717) is 12.5 Å². The van der Waals surface area contributed by atoms with Gasteiger partial charge in [0.25, 0.3) is 0 Å². The minimum absolute atomic E-state index is 0.272. The van der Waals surface area contributed by atoms with Gasteiger partial charge in [0, 0.05) is 12.2 Å². The minimum Gasteiger partial charge on any atom is -0.478 e. The number of aromatic carboxylic acids is 1. The summed E-state index contributed by atoms with van der Waals surface area (Å²) in [6.45, 7) is 0.525. The fourth-order valence-corrected chi connectivity index (χ4v) is 1.60. The van der Waals surface area contributed by atoms with Crippen molar-refractivity contribution in [2.75, 3.05) is 11.9 Å². The van der Waals surface area contributed by atoms with E-state index in [4.69, 9.17) is 5.11 Å². The highest BCUT2D eigenvalue weighted by Gasteiger charge is 2.29. The van der Waals surface area contributed by atoms with Gasteiger partial charge in [0.1, 0.15) is 0 Å². The number of anilines is 1. The van der Waals surface area contributed by atoms with Gasteiger partial charge in [-0.15, -0.1) is 0 Å². The number of hydrogen-bond acceptors (Lipinski definition) is 3. The standard InChI is InChI=1S/C12H15NO3/c14-11(8-1-2-8)7-13-10-5-3-9(4-6-10)12(15)16/h3-6,8,11,13-14H,1-2,7H2,(H,15,16). The SMILES string of the molecule is O=C(O)c1ccc(NCC(O)C2CC2)cc1. The van der Waals surface area contributed by atoms with Crippen LogP contribution in [0.5, 0.6) is 0 Å². The van der Waals surface area contributed by atoms with E-state index in [1.54, 1.807) is 24.3 Å². The molecular formula is C12H15NO3. The molecule has 0 aromatic heterocycles. The Morgan fingerprint density at radius 3 is 2.50 bits per heavy atom. The number of rotatable bonds is 5. The molecule has 0 spiro atoms. The maximum absolute atomic E-state index is 10.6. The molecule has 0 aliphatic heterocycles. The minimum atomic E-state index is -0.926. The van der Waals surface area contributed by atoms with Crippen molar-refractivity contribution in [3.8, 4) is 0 Å². The van der Waals surface area contributed by atoms with Gasteiger partial charge < -0.3 is 15.5 Å². The molecule has 1 saturated carbocycles. The maximum Gasteiger partial charge on any atom is 0.335 e. The highest BCUT2D eigenvalue weighted by molar-refractivity contribution is 5.87. The topological polar surface area (TPSA) is 69.6 Å². The van der Waals surface area contributed by atoms with Crippen LogP contribution < -0.4 is 5.32 Å². The molecule has 86 valence electrons. The number of carboxylic acids is 1. The third-order valence-corrected chi connectivity index (χ3v) is 2.81. The van der Waals surface area contributed by atoms with Gasteiger partial charge in [-0.25, -0.2) is 4.79 Å². The largest absolute Gasteiger partial charge is 0.478 e. The lowest BCUT2D eigenvalue weighted by Gasteiger charge is -2.11. The van der Waals surface area contributed by atoms with Crippen molar-refractivity contribution in [2.24, 2.45) is 5.92 Å². The average molecular weight is 221 g/mol. The summed E-state index contributed by atoms with van der Waals surface area (Å²) < 4.78 is 0. The highest BCUT2D eigenvalue weighted by Crippen LogP contribution is 2.32. The third-order valence-electron chi connectivity index (χ3n) is 2.81. The molecule has 4 nitrogen and oxygen atoms in total. The number of nitrogens with one attached hydrogen (secondary N) is 1. The first kappa shape index (κ1) is 11.0. The first-order valence-electron chi connectivity index (χ1n) is 5.42. The molecule has 1 aliphatic rings.